The van der Waals surface area contributed by atoms with Crippen LogP contribution in [0.25, 0.3) is 0 Å². The van der Waals surface area contributed by atoms with E-state index in [1.807, 2.05) is 6.07 Å². The normalized spacial score (nSPS) is 10.0. The van der Waals surface area contributed by atoms with Crippen molar-refractivity contribution >= 4 is 24.2 Å². The first-order valence-electron chi connectivity index (χ1n) is 3.25. The summed E-state index contributed by atoms with van der Waals surface area (Å²) in [5.41, 5.74) is 1.11. The summed E-state index contributed by atoms with van der Waals surface area (Å²) in [5, 5.41) is 3.59. The molecule has 1 aromatic rings. The lowest BCUT2D eigenvalue weighted by atomic mass is 10.3. The minimum absolute atomic E-state index is 0.527. The van der Waals surface area contributed by atoms with Crippen molar-refractivity contribution < 1.29 is 0 Å². The van der Waals surface area contributed by atoms with Crippen LogP contribution >= 0.6 is 24.2 Å². The molecule has 60 valence electrons. The van der Waals surface area contributed by atoms with E-state index in [9.17, 15) is 0 Å². The maximum absolute atomic E-state index is 5.60. The number of nitrogens with one attached hydrogen (secondary N) is 1. The summed E-state index contributed by atoms with van der Waals surface area (Å²) in [6.07, 6.45) is 1.75. The van der Waals surface area contributed by atoms with Gasteiger partial charge in [-0.1, -0.05) is 17.7 Å². The van der Waals surface area contributed by atoms with E-state index in [2.05, 4.69) is 22.9 Å². The molecule has 1 heterocycles. The van der Waals surface area contributed by atoms with Crippen molar-refractivity contribution in [3.05, 3.63) is 29.0 Å². The third-order valence-electron chi connectivity index (χ3n) is 1.23. The molecule has 11 heavy (non-hydrogen) atoms. The standard InChI is InChI=1S/C7H9ClN2S/c8-7-2-1-6(4-10-7)3-9-5-11/h1-2,4,9,11H,3,5H2. The fourth-order valence-electron chi connectivity index (χ4n) is 0.711. The lowest BCUT2D eigenvalue weighted by molar-refractivity contribution is 0.794. The Morgan fingerprint density at radius 2 is 2.36 bits per heavy atom. The minimum atomic E-state index is 0.527. The van der Waals surface area contributed by atoms with Crippen LogP contribution < -0.4 is 5.32 Å². The Labute approximate surface area is 76.4 Å². The number of halogens is 1. The molecule has 0 aromatic carbocycles. The summed E-state index contributed by atoms with van der Waals surface area (Å²) in [7, 11) is 0. The number of rotatable bonds is 3. The van der Waals surface area contributed by atoms with Crippen LogP contribution in [0.4, 0.5) is 0 Å². The van der Waals surface area contributed by atoms with E-state index in [-0.39, 0.29) is 0 Å². The number of pyridine rings is 1. The molecule has 0 saturated heterocycles. The van der Waals surface area contributed by atoms with Crippen LogP contribution in [0.5, 0.6) is 0 Å². The Balaban J connectivity index is 2.52. The van der Waals surface area contributed by atoms with Crippen molar-refractivity contribution in [1.82, 2.24) is 10.3 Å². The molecule has 0 fully saturated rings. The zero-order valence-corrected chi connectivity index (χ0v) is 7.57. The Bertz CT molecular complexity index is 212. The summed E-state index contributed by atoms with van der Waals surface area (Å²) < 4.78 is 0. The highest BCUT2D eigenvalue weighted by atomic mass is 35.5. The first kappa shape index (κ1) is 8.84. The van der Waals surface area contributed by atoms with Crippen molar-refractivity contribution in [2.24, 2.45) is 0 Å². The highest BCUT2D eigenvalue weighted by molar-refractivity contribution is 7.80. The van der Waals surface area contributed by atoms with Gasteiger partial charge in [0.1, 0.15) is 5.15 Å². The van der Waals surface area contributed by atoms with Crippen molar-refractivity contribution in [1.29, 1.82) is 0 Å². The molecule has 1 rings (SSSR count). The zero-order valence-electron chi connectivity index (χ0n) is 5.92. The van der Waals surface area contributed by atoms with Gasteiger partial charge in [0, 0.05) is 18.6 Å². The molecule has 0 radical (unpaired) electrons. The predicted octanol–water partition coefficient (Wildman–Crippen LogP) is 1.71. The van der Waals surface area contributed by atoms with Gasteiger partial charge in [-0.05, 0) is 11.6 Å². The van der Waals surface area contributed by atoms with Gasteiger partial charge in [0.05, 0.1) is 0 Å². The van der Waals surface area contributed by atoms with Gasteiger partial charge in [0.2, 0.25) is 0 Å². The van der Waals surface area contributed by atoms with Crippen molar-refractivity contribution in [2.45, 2.75) is 6.54 Å². The van der Waals surface area contributed by atoms with Crippen LogP contribution in [0.3, 0.4) is 0 Å². The van der Waals surface area contributed by atoms with Crippen LogP contribution in [0, 0.1) is 0 Å². The number of thiol groups is 1. The van der Waals surface area contributed by atoms with Crippen LogP contribution in [-0.2, 0) is 6.54 Å². The second kappa shape index (κ2) is 4.59. The Morgan fingerprint density at radius 1 is 1.55 bits per heavy atom. The smallest absolute Gasteiger partial charge is 0.129 e. The maximum atomic E-state index is 5.60. The van der Waals surface area contributed by atoms with Gasteiger partial charge < -0.3 is 5.32 Å². The average Bonchev–Trinajstić information content (AvgIpc) is 2.04. The van der Waals surface area contributed by atoms with Gasteiger partial charge >= 0.3 is 0 Å². The molecule has 0 unspecified atom stereocenters. The molecule has 0 saturated carbocycles. The second-order valence-corrected chi connectivity index (χ2v) is 2.78. The summed E-state index contributed by atoms with van der Waals surface area (Å²) >= 11 is 9.61. The molecule has 0 aliphatic rings. The summed E-state index contributed by atoms with van der Waals surface area (Å²) in [5.74, 6) is 0.669. The third kappa shape index (κ3) is 3.10. The Hall–Kier alpha value is -0.250. The number of hydrogen-bond acceptors (Lipinski definition) is 3. The molecule has 0 atom stereocenters. The van der Waals surface area contributed by atoms with E-state index in [0.717, 1.165) is 12.1 Å². The summed E-state index contributed by atoms with van der Waals surface area (Å²) in [6.45, 7) is 0.785. The molecule has 0 amide bonds. The molecule has 1 aromatic heterocycles. The van der Waals surface area contributed by atoms with Gasteiger partial charge in [0.25, 0.3) is 0 Å². The van der Waals surface area contributed by atoms with Crippen LogP contribution in [0.2, 0.25) is 5.15 Å². The Morgan fingerprint density at radius 3 is 2.91 bits per heavy atom. The van der Waals surface area contributed by atoms with Crippen LogP contribution in [-0.4, -0.2) is 10.9 Å². The van der Waals surface area contributed by atoms with E-state index in [1.54, 1.807) is 12.3 Å². The second-order valence-electron chi connectivity index (χ2n) is 2.07. The van der Waals surface area contributed by atoms with E-state index < -0.39 is 0 Å². The van der Waals surface area contributed by atoms with E-state index in [4.69, 9.17) is 11.6 Å². The zero-order chi connectivity index (χ0) is 8.10. The molecule has 0 spiro atoms. The summed E-state index contributed by atoms with van der Waals surface area (Å²) in [4.78, 5) is 3.93. The molecule has 0 aliphatic carbocycles. The van der Waals surface area contributed by atoms with Gasteiger partial charge in [-0.3, -0.25) is 0 Å². The predicted molar refractivity (Wildman–Crippen MR) is 49.9 cm³/mol. The minimum Gasteiger partial charge on any atom is -0.304 e. The van der Waals surface area contributed by atoms with E-state index in [1.165, 1.54) is 0 Å². The highest BCUT2D eigenvalue weighted by Gasteiger charge is 1.91. The number of hydrogen-bond donors (Lipinski definition) is 2. The maximum Gasteiger partial charge on any atom is 0.129 e. The number of aromatic nitrogens is 1. The topological polar surface area (TPSA) is 24.9 Å². The monoisotopic (exact) mass is 188 g/mol. The Kier molecular flexibility index (Phi) is 3.69. The average molecular weight is 189 g/mol. The largest absolute Gasteiger partial charge is 0.304 e. The van der Waals surface area contributed by atoms with Crippen molar-refractivity contribution in [2.75, 3.05) is 5.88 Å². The van der Waals surface area contributed by atoms with Crippen LogP contribution in [0.1, 0.15) is 5.56 Å². The lowest BCUT2D eigenvalue weighted by Crippen LogP contribution is -2.10. The molecule has 1 N–H and O–H groups in total. The molecular weight excluding hydrogens is 180 g/mol. The van der Waals surface area contributed by atoms with E-state index >= 15 is 0 Å². The molecule has 0 bridgehead atoms. The van der Waals surface area contributed by atoms with Gasteiger partial charge in [-0.2, -0.15) is 12.6 Å². The van der Waals surface area contributed by atoms with Gasteiger partial charge in [-0.25, -0.2) is 4.98 Å². The van der Waals surface area contributed by atoms with Crippen molar-refractivity contribution in [3.63, 3.8) is 0 Å². The quantitative estimate of drug-likeness (QED) is 0.429. The molecule has 0 aliphatic heterocycles. The molecule has 2 nitrogen and oxygen atoms in total. The lowest BCUT2D eigenvalue weighted by Gasteiger charge is -1.99. The third-order valence-corrected chi connectivity index (χ3v) is 1.68. The van der Waals surface area contributed by atoms with E-state index in [0.29, 0.717) is 11.0 Å². The first-order chi connectivity index (χ1) is 5.33. The highest BCUT2D eigenvalue weighted by Crippen LogP contribution is 2.04. The fraction of sp³-hybridized carbons (Fsp3) is 0.286. The van der Waals surface area contributed by atoms with Crippen LogP contribution in [0.15, 0.2) is 18.3 Å². The van der Waals surface area contributed by atoms with Crippen molar-refractivity contribution in [3.8, 4) is 0 Å². The van der Waals surface area contributed by atoms with Gasteiger partial charge in [0.15, 0.2) is 0 Å². The van der Waals surface area contributed by atoms with Gasteiger partial charge in [-0.15, -0.1) is 0 Å². The molecule has 4 heteroatoms. The number of nitrogens with zero attached hydrogens (tertiary/aromatic N) is 1. The SMILES string of the molecule is SCNCc1ccc(Cl)nc1. The first-order valence-corrected chi connectivity index (χ1v) is 4.26. The fourth-order valence-corrected chi connectivity index (χ4v) is 0.935. The molecular formula is C7H9ClN2S. The summed E-state index contributed by atoms with van der Waals surface area (Å²) in [6, 6.07) is 3.71.